The average Bonchev–Trinajstić information content (AvgIpc) is 2.59. The number of rotatable bonds is 3. The zero-order valence-electron chi connectivity index (χ0n) is 12.1. The summed E-state index contributed by atoms with van der Waals surface area (Å²) >= 11 is 0. The van der Waals surface area contributed by atoms with E-state index >= 15 is 0 Å². The van der Waals surface area contributed by atoms with E-state index in [9.17, 15) is 15.4 Å². The fourth-order valence-electron chi connectivity index (χ4n) is 2.47. The minimum absolute atomic E-state index is 0.0129. The van der Waals surface area contributed by atoms with Crippen LogP contribution in [0.3, 0.4) is 0 Å². The van der Waals surface area contributed by atoms with E-state index in [-0.39, 0.29) is 5.69 Å². The van der Waals surface area contributed by atoms with Crippen LogP contribution in [0, 0.1) is 21.4 Å². The Kier molecular flexibility index (Phi) is 3.86. The molecular weight excluding hydrogens is 288 g/mol. The molecule has 0 aliphatic heterocycles. The molecule has 0 N–H and O–H groups in total. The summed E-state index contributed by atoms with van der Waals surface area (Å²) in [6.07, 6.45) is 1.56. The quantitative estimate of drug-likeness (QED) is 0.301. The summed E-state index contributed by atoms with van der Waals surface area (Å²) < 4.78 is 0. The van der Waals surface area contributed by atoms with Gasteiger partial charge in [0.05, 0.1) is 22.1 Å². The number of benzene rings is 3. The van der Waals surface area contributed by atoms with Crippen molar-refractivity contribution in [3.63, 3.8) is 0 Å². The van der Waals surface area contributed by atoms with E-state index in [1.54, 1.807) is 24.3 Å². The van der Waals surface area contributed by atoms with Crippen LogP contribution in [0.15, 0.2) is 66.7 Å². The zero-order valence-corrected chi connectivity index (χ0v) is 12.1. The summed E-state index contributed by atoms with van der Waals surface area (Å²) in [6.45, 7) is 0. The van der Waals surface area contributed by atoms with Crippen LogP contribution in [0.2, 0.25) is 0 Å². The SMILES string of the molecule is N#CC(=Cc1ccccc1[N+](=O)[O-])c1ccc2ccccc2c1. The molecule has 4 nitrogen and oxygen atoms in total. The normalized spacial score (nSPS) is 11.2. The van der Waals surface area contributed by atoms with Gasteiger partial charge in [0.15, 0.2) is 0 Å². The number of hydrogen-bond acceptors (Lipinski definition) is 3. The van der Waals surface area contributed by atoms with Crippen molar-refractivity contribution in [3.8, 4) is 6.07 Å². The highest BCUT2D eigenvalue weighted by molar-refractivity contribution is 5.95. The van der Waals surface area contributed by atoms with E-state index in [0.717, 1.165) is 16.3 Å². The molecule has 0 saturated carbocycles. The van der Waals surface area contributed by atoms with Crippen LogP contribution in [0.5, 0.6) is 0 Å². The molecule has 3 aromatic carbocycles. The third-order valence-electron chi connectivity index (χ3n) is 3.61. The summed E-state index contributed by atoms with van der Waals surface area (Å²) in [5, 5.41) is 22.7. The molecule has 0 spiro atoms. The highest BCUT2D eigenvalue weighted by Gasteiger charge is 2.12. The molecule has 0 fully saturated rings. The minimum Gasteiger partial charge on any atom is -0.258 e. The number of allylic oxidation sites excluding steroid dienone is 1. The molecule has 23 heavy (non-hydrogen) atoms. The summed E-state index contributed by atoms with van der Waals surface area (Å²) in [7, 11) is 0. The van der Waals surface area contributed by atoms with Crippen LogP contribution in [-0.4, -0.2) is 4.92 Å². The molecule has 110 valence electrons. The highest BCUT2D eigenvalue weighted by atomic mass is 16.6. The molecule has 4 heteroatoms. The molecule has 0 aliphatic carbocycles. The van der Waals surface area contributed by atoms with E-state index < -0.39 is 4.92 Å². The lowest BCUT2D eigenvalue weighted by Crippen LogP contribution is -1.91. The summed E-state index contributed by atoms with van der Waals surface area (Å²) in [5.74, 6) is 0. The fourth-order valence-corrected chi connectivity index (χ4v) is 2.47. The van der Waals surface area contributed by atoms with Gasteiger partial charge in [-0.15, -0.1) is 0 Å². The maximum absolute atomic E-state index is 11.1. The molecular formula is C19H12N2O2. The number of fused-ring (bicyclic) bond motifs is 1. The lowest BCUT2D eigenvalue weighted by molar-refractivity contribution is -0.385. The predicted molar refractivity (Wildman–Crippen MR) is 90.5 cm³/mol. The molecule has 0 aromatic heterocycles. The van der Waals surface area contributed by atoms with Crippen molar-refractivity contribution in [2.24, 2.45) is 0 Å². The maximum Gasteiger partial charge on any atom is 0.276 e. The third kappa shape index (κ3) is 2.94. The molecule has 0 amide bonds. The third-order valence-corrected chi connectivity index (χ3v) is 3.61. The van der Waals surface area contributed by atoms with Gasteiger partial charge >= 0.3 is 0 Å². The van der Waals surface area contributed by atoms with Crippen molar-refractivity contribution in [1.82, 2.24) is 0 Å². The zero-order chi connectivity index (χ0) is 16.2. The topological polar surface area (TPSA) is 66.9 Å². The van der Waals surface area contributed by atoms with Crippen LogP contribution in [0.1, 0.15) is 11.1 Å². The van der Waals surface area contributed by atoms with E-state index in [2.05, 4.69) is 6.07 Å². The second kappa shape index (κ2) is 6.12. The Balaban J connectivity index is 2.12. The first kappa shape index (κ1) is 14.5. The standard InChI is InChI=1S/C19H12N2O2/c20-13-18(12-17-7-3-4-8-19(17)21(22)23)16-10-9-14-5-1-2-6-15(14)11-16/h1-12H. The molecule has 0 saturated heterocycles. The van der Waals surface area contributed by atoms with E-state index in [0.29, 0.717) is 11.1 Å². The first-order chi connectivity index (χ1) is 11.2. The summed E-state index contributed by atoms with van der Waals surface area (Å²) in [5.41, 5.74) is 1.54. The number of para-hydroxylation sites is 1. The van der Waals surface area contributed by atoms with Gasteiger partial charge in [0.1, 0.15) is 0 Å². The van der Waals surface area contributed by atoms with Crippen LogP contribution in [0.25, 0.3) is 22.4 Å². The van der Waals surface area contributed by atoms with Gasteiger partial charge in [0.25, 0.3) is 5.69 Å². The number of nitriles is 1. The molecule has 0 bridgehead atoms. The minimum atomic E-state index is -0.443. The van der Waals surface area contributed by atoms with Crippen LogP contribution >= 0.6 is 0 Å². The molecule has 0 heterocycles. The summed E-state index contributed by atoms with van der Waals surface area (Å²) in [4.78, 5) is 10.7. The molecule has 3 rings (SSSR count). The largest absolute Gasteiger partial charge is 0.276 e. The summed E-state index contributed by atoms with van der Waals surface area (Å²) in [6, 6.07) is 22.1. The van der Waals surface area contributed by atoms with Crippen molar-refractivity contribution < 1.29 is 4.92 Å². The Morgan fingerprint density at radius 3 is 2.43 bits per heavy atom. The highest BCUT2D eigenvalue weighted by Crippen LogP contribution is 2.26. The van der Waals surface area contributed by atoms with Gasteiger partial charge in [0.2, 0.25) is 0 Å². The Bertz CT molecular complexity index is 968. The van der Waals surface area contributed by atoms with Crippen molar-refractivity contribution in [3.05, 3.63) is 88.0 Å². The lowest BCUT2D eigenvalue weighted by atomic mass is 10.00. The Morgan fingerprint density at radius 2 is 1.70 bits per heavy atom. The van der Waals surface area contributed by atoms with Crippen LogP contribution < -0.4 is 0 Å². The van der Waals surface area contributed by atoms with Crippen molar-refractivity contribution in [2.75, 3.05) is 0 Å². The van der Waals surface area contributed by atoms with Gasteiger partial charge in [-0.25, -0.2) is 0 Å². The smallest absolute Gasteiger partial charge is 0.258 e. The number of nitrogens with zero attached hydrogens (tertiary/aromatic N) is 2. The van der Waals surface area contributed by atoms with Crippen LogP contribution in [-0.2, 0) is 0 Å². The number of hydrogen-bond donors (Lipinski definition) is 0. The molecule has 0 radical (unpaired) electrons. The monoisotopic (exact) mass is 300 g/mol. The van der Waals surface area contributed by atoms with E-state index in [1.807, 2.05) is 42.5 Å². The second-order valence-corrected chi connectivity index (χ2v) is 5.05. The maximum atomic E-state index is 11.1. The van der Waals surface area contributed by atoms with Gasteiger partial charge < -0.3 is 0 Å². The average molecular weight is 300 g/mol. The molecule has 0 atom stereocenters. The Labute approximate surface area is 133 Å². The van der Waals surface area contributed by atoms with Crippen molar-refractivity contribution in [1.29, 1.82) is 5.26 Å². The predicted octanol–water partition coefficient (Wildman–Crippen LogP) is 4.81. The second-order valence-electron chi connectivity index (χ2n) is 5.05. The van der Waals surface area contributed by atoms with Crippen molar-refractivity contribution in [2.45, 2.75) is 0 Å². The Hall–Kier alpha value is -3.45. The van der Waals surface area contributed by atoms with Gasteiger partial charge in [-0.2, -0.15) is 5.26 Å². The molecule has 3 aromatic rings. The first-order valence-corrected chi connectivity index (χ1v) is 7.03. The molecule has 0 unspecified atom stereocenters. The van der Waals surface area contributed by atoms with Crippen molar-refractivity contribution >= 4 is 28.1 Å². The van der Waals surface area contributed by atoms with Gasteiger partial charge in [-0.3, -0.25) is 10.1 Å². The van der Waals surface area contributed by atoms with Gasteiger partial charge in [-0.1, -0.05) is 48.5 Å². The number of nitro groups is 1. The number of nitro benzene ring substituents is 1. The lowest BCUT2D eigenvalue weighted by Gasteiger charge is -2.03. The first-order valence-electron chi connectivity index (χ1n) is 7.03. The van der Waals surface area contributed by atoms with Gasteiger partial charge in [-0.05, 0) is 34.5 Å². The van der Waals surface area contributed by atoms with E-state index in [1.165, 1.54) is 6.07 Å². The molecule has 0 aliphatic rings. The fraction of sp³-hybridized carbons (Fsp3) is 0. The van der Waals surface area contributed by atoms with Gasteiger partial charge in [0, 0.05) is 6.07 Å². The van der Waals surface area contributed by atoms with E-state index in [4.69, 9.17) is 0 Å². The Morgan fingerprint density at radius 1 is 1.00 bits per heavy atom. The van der Waals surface area contributed by atoms with Crippen LogP contribution in [0.4, 0.5) is 5.69 Å².